The Hall–Kier alpha value is -0.750. The molecule has 0 aliphatic rings. The number of rotatable bonds is 5. The molecule has 1 N–H and O–H groups in total. The highest BCUT2D eigenvalue weighted by Crippen LogP contribution is 2.33. The maximum Gasteiger partial charge on any atom is 0.417 e. The van der Waals surface area contributed by atoms with Gasteiger partial charge in [-0.2, -0.15) is 13.2 Å². The number of benzene rings is 1. The van der Waals surface area contributed by atoms with Gasteiger partial charge in [0, 0.05) is 16.9 Å². The van der Waals surface area contributed by atoms with Gasteiger partial charge in [-0.15, -0.1) is 11.6 Å². The van der Waals surface area contributed by atoms with Crippen molar-refractivity contribution in [2.75, 3.05) is 12.4 Å². The van der Waals surface area contributed by atoms with Crippen LogP contribution in [0.4, 0.5) is 13.2 Å². The highest BCUT2D eigenvalue weighted by Gasteiger charge is 2.35. The molecular weight excluding hydrogens is 358 g/mol. The normalized spacial score (nSPS) is 13.1. The molecule has 20 heavy (non-hydrogen) atoms. The Morgan fingerprint density at radius 2 is 2.10 bits per heavy atom. The van der Waals surface area contributed by atoms with Crippen LogP contribution in [0.2, 0.25) is 0 Å². The Bertz CT molecular complexity index is 479. The van der Waals surface area contributed by atoms with Crippen LogP contribution in [-0.4, -0.2) is 18.3 Å². The lowest BCUT2D eigenvalue weighted by Gasteiger charge is -2.15. The molecule has 112 valence electrons. The van der Waals surface area contributed by atoms with Crippen LogP contribution >= 0.6 is 27.5 Å². The molecule has 0 radical (unpaired) electrons. The standard InChI is InChI=1S/C13H14BrClF3NO/c1-8(4-5-15)7-19-12(20)10-3-2-9(14)6-11(10)13(16,17)18/h2-3,6,8H,4-5,7H2,1H3,(H,19,20). The number of carbonyl (C=O) groups is 1. The van der Waals surface area contributed by atoms with Gasteiger partial charge in [-0.1, -0.05) is 22.9 Å². The molecule has 0 aliphatic carbocycles. The predicted molar refractivity (Wildman–Crippen MR) is 76.0 cm³/mol. The number of hydrogen-bond acceptors (Lipinski definition) is 1. The van der Waals surface area contributed by atoms with Gasteiger partial charge in [0.05, 0.1) is 11.1 Å². The maximum atomic E-state index is 12.9. The van der Waals surface area contributed by atoms with Crippen LogP contribution in [0.5, 0.6) is 0 Å². The molecule has 0 bridgehead atoms. The SMILES string of the molecule is CC(CCCl)CNC(=O)c1ccc(Br)cc1C(F)(F)F. The summed E-state index contributed by atoms with van der Waals surface area (Å²) >= 11 is 8.54. The van der Waals surface area contributed by atoms with Crippen molar-refractivity contribution < 1.29 is 18.0 Å². The van der Waals surface area contributed by atoms with E-state index in [1.807, 2.05) is 6.92 Å². The average molecular weight is 373 g/mol. The zero-order valence-electron chi connectivity index (χ0n) is 10.7. The maximum absolute atomic E-state index is 12.9. The van der Waals surface area contributed by atoms with Crippen LogP contribution in [0.25, 0.3) is 0 Å². The van der Waals surface area contributed by atoms with Crippen molar-refractivity contribution in [2.45, 2.75) is 19.5 Å². The summed E-state index contributed by atoms with van der Waals surface area (Å²) in [5.74, 6) is -0.171. The predicted octanol–water partition coefficient (Wildman–Crippen LogP) is 4.46. The first-order chi connectivity index (χ1) is 9.25. The molecule has 1 aromatic carbocycles. The summed E-state index contributed by atoms with van der Waals surface area (Å²) in [5.41, 5.74) is -1.33. The molecule has 2 nitrogen and oxygen atoms in total. The number of hydrogen-bond donors (Lipinski definition) is 1. The van der Waals surface area contributed by atoms with Gasteiger partial charge in [0.2, 0.25) is 0 Å². The molecule has 0 saturated heterocycles. The third-order valence-electron chi connectivity index (χ3n) is 2.74. The van der Waals surface area contributed by atoms with E-state index in [1.165, 1.54) is 6.07 Å². The largest absolute Gasteiger partial charge is 0.417 e. The zero-order valence-corrected chi connectivity index (χ0v) is 13.1. The monoisotopic (exact) mass is 371 g/mol. The second-order valence-electron chi connectivity index (χ2n) is 4.48. The Labute approximate surface area is 128 Å². The van der Waals surface area contributed by atoms with Gasteiger partial charge in [-0.25, -0.2) is 0 Å². The van der Waals surface area contributed by atoms with Crippen molar-refractivity contribution in [1.82, 2.24) is 5.32 Å². The van der Waals surface area contributed by atoms with Crippen molar-refractivity contribution in [3.05, 3.63) is 33.8 Å². The molecule has 1 unspecified atom stereocenters. The topological polar surface area (TPSA) is 29.1 Å². The second-order valence-corrected chi connectivity index (χ2v) is 5.77. The fourth-order valence-corrected chi connectivity index (χ4v) is 2.33. The van der Waals surface area contributed by atoms with Crippen LogP contribution in [0.3, 0.4) is 0 Å². The zero-order chi connectivity index (χ0) is 15.3. The van der Waals surface area contributed by atoms with Gasteiger partial charge in [0.25, 0.3) is 5.91 Å². The Morgan fingerprint density at radius 1 is 1.45 bits per heavy atom. The molecule has 1 aromatic rings. The molecule has 0 aliphatic heterocycles. The molecule has 0 aromatic heterocycles. The first kappa shape index (κ1) is 17.3. The van der Waals surface area contributed by atoms with E-state index in [0.717, 1.165) is 12.1 Å². The minimum Gasteiger partial charge on any atom is -0.352 e. The van der Waals surface area contributed by atoms with E-state index < -0.39 is 17.6 Å². The van der Waals surface area contributed by atoms with Gasteiger partial charge in [-0.05, 0) is 30.5 Å². The molecule has 0 spiro atoms. The van der Waals surface area contributed by atoms with Crippen LogP contribution < -0.4 is 5.32 Å². The van der Waals surface area contributed by atoms with E-state index in [4.69, 9.17) is 11.6 Å². The second kappa shape index (κ2) is 7.31. The quantitative estimate of drug-likeness (QED) is 0.760. The van der Waals surface area contributed by atoms with Gasteiger partial charge >= 0.3 is 6.18 Å². The van der Waals surface area contributed by atoms with Crippen LogP contribution in [-0.2, 0) is 6.18 Å². The van der Waals surface area contributed by atoms with Crippen LogP contribution in [0, 0.1) is 5.92 Å². The molecule has 0 saturated carbocycles. The smallest absolute Gasteiger partial charge is 0.352 e. The van der Waals surface area contributed by atoms with E-state index in [-0.39, 0.29) is 16.0 Å². The summed E-state index contributed by atoms with van der Waals surface area (Å²) in [6.45, 7) is 2.16. The lowest BCUT2D eigenvalue weighted by molar-refractivity contribution is -0.138. The van der Waals surface area contributed by atoms with E-state index in [0.29, 0.717) is 18.8 Å². The van der Waals surface area contributed by atoms with Crippen LogP contribution in [0.15, 0.2) is 22.7 Å². The third-order valence-corrected chi connectivity index (χ3v) is 3.46. The molecule has 0 heterocycles. The van der Waals surface area contributed by atoms with Crippen molar-refractivity contribution in [2.24, 2.45) is 5.92 Å². The number of halogens is 5. The summed E-state index contributed by atoms with van der Waals surface area (Å²) < 4.78 is 38.9. The van der Waals surface area contributed by atoms with Crippen LogP contribution in [0.1, 0.15) is 29.3 Å². The number of amides is 1. The summed E-state index contributed by atoms with van der Waals surface area (Å²) in [5, 5.41) is 2.50. The number of alkyl halides is 4. The Morgan fingerprint density at radius 3 is 2.65 bits per heavy atom. The van der Waals surface area contributed by atoms with E-state index in [9.17, 15) is 18.0 Å². The van der Waals surface area contributed by atoms with Crippen molar-refractivity contribution >= 4 is 33.4 Å². The summed E-state index contributed by atoms with van der Waals surface area (Å²) in [6, 6.07) is 3.47. The number of carbonyl (C=O) groups excluding carboxylic acids is 1. The lowest BCUT2D eigenvalue weighted by Crippen LogP contribution is -2.30. The third kappa shape index (κ3) is 4.98. The van der Waals surface area contributed by atoms with Gasteiger partial charge in [0.1, 0.15) is 0 Å². The molecule has 1 atom stereocenters. The fourth-order valence-electron chi connectivity index (χ4n) is 1.60. The molecule has 0 fully saturated rings. The van der Waals surface area contributed by atoms with Gasteiger partial charge in [0.15, 0.2) is 0 Å². The Balaban J connectivity index is 2.88. The van der Waals surface area contributed by atoms with Gasteiger partial charge < -0.3 is 5.32 Å². The minimum absolute atomic E-state index is 0.112. The summed E-state index contributed by atoms with van der Waals surface area (Å²) in [7, 11) is 0. The Kier molecular flexibility index (Phi) is 6.33. The lowest BCUT2D eigenvalue weighted by atomic mass is 10.1. The molecule has 1 rings (SSSR count). The van der Waals surface area contributed by atoms with E-state index in [2.05, 4.69) is 21.2 Å². The minimum atomic E-state index is -4.57. The molecular formula is C13H14BrClF3NO. The molecule has 7 heteroatoms. The van der Waals surface area contributed by atoms with Gasteiger partial charge in [-0.3, -0.25) is 4.79 Å². The highest BCUT2D eigenvalue weighted by atomic mass is 79.9. The van der Waals surface area contributed by atoms with E-state index in [1.54, 1.807) is 0 Å². The first-order valence-corrected chi connectivity index (χ1v) is 7.29. The van der Waals surface area contributed by atoms with Crippen molar-refractivity contribution in [3.8, 4) is 0 Å². The fraction of sp³-hybridized carbons (Fsp3) is 0.462. The molecule has 1 amide bonds. The highest BCUT2D eigenvalue weighted by molar-refractivity contribution is 9.10. The summed E-state index contributed by atoms with van der Waals surface area (Å²) in [6.07, 6.45) is -3.88. The summed E-state index contributed by atoms with van der Waals surface area (Å²) in [4.78, 5) is 11.9. The van der Waals surface area contributed by atoms with Crippen molar-refractivity contribution in [3.63, 3.8) is 0 Å². The average Bonchev–Trinajstić information content (AvgIpc) is 2.35. The van der Waals surface area contributed by atoms with Crippen molar-refractivity contribution in [1.29, 1.82) is 0 Å². The van der Waals surface area contributed by atoms with E-state index >= 15 is 0 Å². The first-order valence-electron chi connectivity index (χ1n) is 5.96. The number of nitrogens with one attached hydrogen (secondary N) is 1.